The van der Waals surface area contributed by atoms with Crippen LogP contribution >= 0.6 is 0 Å². The SMILES string of the molecule is CCCCCCCC(=O)OC(CCCCC)c1ccc(CN)cc1. The van der Waals surface area contributed by atoms with Crippen LogP contribution in [0.3, 0.4) is 0 Å². The van der Waals surface area contributed by atoms with Gasteiger partial charge in [0.05, 0.1) is 0 Å². The van der Waals surface area contributed by atoms with Crippen molar-refractivity contribution in [2.24, 2.45) is 5.73 Å². The van der Waals surface area contributed by atoms with Crippen molar-refractivity contribution in [1.29, 1.82) is 0 Å². The molecule has 0 radical (unpaired) electrons. The zero-order valence-electron chi connectivity index (χ0n) is 15.6. The van der Waals surface area contributed by atoms with Crippen LogP contribution in [-0.2, 0) is 16.1 Å². The number of unbranched alkanes of at least 4 members (excludes halogenated alkanes) is 6. The van der Waals surface area contributed by atoms with Gasteiger partial charge in [0.15, 0.2) is 0 Å². The zero-order valence-corrected chi connectivity index (χ0v) is 15.6. The summed E-state index contributed by atoms with van der Waals surface area (Å²) < 4.78 is 5.79. The quantitative estimate of drug-likeness (QED) is 0.374. The molecule has 0 aliphatic rings. The van der Waals surface area contributed by atoms with Gasteiger partial charge in [0.25, 0.3) is 0 Å². The molecule has 24 heavy (non-hydrogen) atoms. The summed E-state index contributed by atoms with van der Waals surface area (Å²) in [6.45, 7) is 4.93. The Bertz CT molecular complexity index is 442. The third-order valence-corrected chi connectivity index (χ3v) is 4.42. The largest absolute Gasteiger partial charge is 0.457 e. The molecule has 2 N–H and O–H groups in total. The van der Waals surface area contributed by atoms with Crippen LogP contribution in [0.2, 0.25) is 0 Å². The number of rotatable bonds is 13. The van der Waals surface area contributed by atoms with Gasteiger partial charge in [-0.05, 0) is 30.4 Å². The van der Waals surface area contributed by atoms with E-state index in [1.54, 1.807) is 0 Å². The zero-order chi connectivity index (χ0) is 17.6. The van der Waals surface area contributed by atoms with Gasteiger partial charge in [-0.1, -0.05) is 76.6 Å². The van der Waals surface area contributed by atoms with Gasteiger partial charge in [-0.3, -0.25) is 4.79 Å². The van der Waals surface area contributed by atoms with Crippen molar-refractivity contribution in [3.05, 3.63) is 35.4 Å². The minimum atomic E-state index is -0.119. The number of hydrogen-bond acceptors (Lipinski definition) is 3. The van der Waals surface area contributed by atoms with Gasteiger partial charge >= 0.3 is 5.97 Å². The molecule has 0 aromatic heterocycles. The van der Waals surface area contributed by atoms with Crippen molar-refractivity contribution in [3.8, 4) is 0 Å². The molecular weight excluding hydrogens is 298 g/mol. The molecule has 0 saturated carbocycles. The molecule has 0 saturated heterocycles. The molecule has 1 aromatic carbocycles. The van der Waals surface area contributed by atoms with E-state index in [4.69, 9.17) is 10.5 Å². The summed E-state index contributed by atoms with van der Waals surface area (Å²) in [5.41, 5.74) is 7.85. The summed E-state index contributed by atoms with van der Waals surface area (Å²) in [7, 11) is 0. The normalized spacial score (nSPS) is 12.1. The number of carbonyl (C=O) groups is 1. The first-order valence-electron chi connectivity index (χ1n) is 9.69. The lowest BCUT2D eigenvalue weighted by molar-refractivity contribution is -0.150. The molecule has 0 fully saturated rings. The van der Waals surface area contributed by atoms with E-state index in [1.165, 1.54) is 32.1 Å². The Balaban J connectivity index is 2.52. The highest BCUT2D eigenvalue weighted by molar-refractivity contribution is 5.69. The topological polar surface area (TPSA) is 52.3 Å². The van der Waals surface area contributed by atoms with Crippen LogP contribution in [0, 0.1) is 0 Å². The lowest BCUT2D eigenvalue weighted by atomic mass is 10.0. The summed E-state index contributed by atoms with van der Waals surface area (Å²) >= 11 is 0. The maximum atomic E-state index is 12.2. The third-order valence-electron chi connectivity index (χ3n) is 4.42. The fourth-order valence-corrected chi connectivity index (χ4v) is 2.83. The fourth-order valence-electron chi connectivity index (χ4n) is 2.83. The van der Waals surface area contributed by atoms with Gasteiger partial charge < -0.3 is 10.5 Å². The maximum absolute atomic E-state index is 12.2. The number of ether oxygens (including phenoxy) is 1. The van der Waals surface area contributed by atoms with Crippen molar-refractivity contribution in [2.45, 2.75) is 90.7 Å². The lowest BCUT2D eigenvalue weighted by Crippen LogP contribution is -2.12. The summed E-state index contributed by atoms with van der Waals surface area (Å²) in [5.74, 6) is -0.0594. The van der Waals surface area contributed by atoms with Gasteiger partial charge in [0.1, 0.15) is 6.10 Å². The first-order valence-corrected chi connectivity index (χ1v) is 9.69. The highest BCUT2D eigenvalue weighted by Gasteiger charge is 2.16. The molecular formula is C21H35NO2. The average Bonchev–Trinajstić information content (AvgIpc) is 2.61. The van der Waals surface area contributed by atoms with E-state index in [9.17, 15) is 4.79 Å². The van der Waals surface area contributed by atoms with Gasteiger partial charge in [-0.2, -0.15) is 0 Å². The van der Waals surface area contributed by atoms with Crippen LogP contribution < -0.4 is 5.73 Å². The summed E-state index contributed by atoms with van der Waals surface area (Å²) in [6.07, 6.45) is 10.5. The number of carbonyl (C=O) groups excluding carboxylic acids is 1. The second kappa shape index (κ2) is 13.0. The van der Waals surface area contributed by atoms with E-state index in [2.05, 4.69) is 13.8 Å². The molecule has 3 heteroatoms. The Labute approximate surface area is 148 Å². The Morgan fingerprint density at radius 2 is 1.58 bits per heavy atom. The fraction of sp³-hybridized carbons (Fsp3) is 0.667. The lowest BCUT2D eigenvalue weighted by Gasteiger charge is -2.19. The number of benzene rings is 1. The predicted molar refractivity (Wildman–Crippen MR) is 101 cm³/mol. The molecule has 1 unspecified atom stereocenters. The highest BCUT2D eigenvalue weighted by Crippen LogP contribution is 2.25. The van der Waals surface area contributed by atoms with E-state index in [0.717, 1.165) is 36.8 Å². The number of nitrogens with two attached hydrogens (primary N) is 1. The Morgan fingerprint density at radius 1 is 0.958 bits per heavy atom. The van der Waals surface area contributed by atoms with Crippen LogP contribution in [0.4, 0.5) is 0 Å². The van der Waals surface area contributed by atoms with Crippen molar-refractivity contribution in [2.75, 3.05) is 0 Å². The molecule has 1 rings (SSSR count). The first kappa shape index (κ1) is 20.7. The predicted octanol–water partition coefficient (Wildman–Crippen LogP) is 5.67. The molecule has 0 aliphatic heterocycles. The van der Waals surface area contributed by atoms with E-state index >= 15 is 0 Å². The summed E-state index contributed by atoms with van der Waals surface area (Å²) in [6, 6.07) is 8.15. The molecule has 3 nitrogen and oxygen atoms in total. The van der Waals surface area contributed by atoms with Crippen LogP contribution in [0.5, 0.6) is 0 Å². The van der Waals surface area contributed by atoms with Crippen molar-refractivity contribution < 1.29 is 9.53 Å². The second-order valence-corrected chi connectivity index (χ2v) is 6.58. The monoisotopic (exact) mass is 333 g/mol. The molecule has 0 bridgehead atoms. The molecule has 0 amide bonds. The molecule has 0 spiro atoms. The minimum absolute atomic E-state index is 0.0594. The number of esters is 1. The number of hydrogen-bond donors (Lipinski definition) is 1. The van der Waals surface area contributed by atoms with Crippen molar-refractivity contribution in [1.82, 2.24) is 0 Å². The summed E-state index contributed by atoms with van der Waals surface area (Å²) in [5, 5.41) is 0. The van der Waals surface area contributed by atoms with Crippen LogP contribution in [0.1, 0.15) is 95.3 Å². The van der Waals surface area contributed by atoms with E-state index < -0.39 is 0 Å². The van der Waals surface area contributed by atoms with E-state index in [-0.39, 0.29) is 12.1 Å². The maximum Gasteiger partial charge on any atom is 0.306 e. The minimum Gasteiger partial charge on any atom is -0.457 e. The second-order valence-electron chi connectivity index (χ2n) is 6.58. The highest BCUT2D eigenvalue weighted by atomic mass is 16.5. The van der Waals surface area contributed by atoms with Crippen molar-refractivity contribution >= 4 is 5.97 Å². The van der Waals surface area contributed by atoms with Crippen molar-refractivity contribution in [3.63, 3.8) is 0 Å². The van der Waals surface area contributed by atoms with Crippen LogP contribution in [-0.4, -0.2) is 5.97 Å². The van der Waals surface area contributed by atoms with Crippen LogP contribution in [0.15, 0.2) is 24.3 Å². The first-order chi connectivity index (χ1) is 11.7. The van der Waals surface area contributed by atoms with Gasteiger partial charge in [-0.15, -0.1) is 0 Å². The van der Waals surface area contributed by atoms with E-state index in [0.29, 0.717) is 13.0 Å². The van der Waals surface area contributed by atoms with E-state index in [1.807, 2.05) is 24.3 Å². The van der Waals surface area contributed by atoms with Gasteiger partial charge in [-0.25, -0.2) is 0 Å². The molecule has 1 atom stereocenters. The Hall–Kier alpha value is -1.35. The van der Waals surface area contributed by atoms with Crippen LogP contribution in [0.25, 0.3) is 0 Å². The smallest absolute Gasteiger partial charge is 0.306 e. The molecule has 0 aliphatic carbocycles. The molecule has 136 valence electrons. The summed E-state index contributed by atoms with van der Waals surface area (Å²) in [4.78, 5) is 12.2. The van der Waals surface area contributed by atoms with Gasteiger partial charge in [0, 0.05) is 13.0 Å². The molecule has 0 heterocycles. The Kier molecular flexibility index (Phi) is 11.2. The third kappa shape index (κ3) is 8.49. The molecule has 1 aromatic rings. The van der Waals surface area contributed by atoms with Gasteiger partial charge in [0.2, 0.25) is 0 Å². The Morgan fingerprint density at radius 3 is 2.21 bits per heavy atom. The standard InChI is InChI=1S/C21H35NO2/c1-3-5-7-8-10-12-21(23)24-20(11-9-6-4-2)19-15-13-18(17-22)14-16-19/h13-16,20H,3-12,17,22H2,1-2H3. The average molecular weight is 334 g/mol.